The van der Waals surface area contributed by atoms with Crippen molar-refractivity contribution in [2.24, 2.45) is 0 Å². The van der Waals surface area contributed by atoms with E-state index in [4.69, 9.17) is 0 Å². The third kappa shape index (κ3) is 2.72. The van der Waals surface area contributed by atoms with E-state index >= 15 is 0 Å². The average molecular weight is 275 g/mol. The number of aromatic nitrogens is 5. The summed E-state index contributed by atoms with van der Waals surface area (Å²) in [7, 11) is 0. The second kappa shape index (κ2) is 4.97. The summed E-state index contributed by atoms with van der Waals surface area (Å²) in [6, 6.07) is 4.39. The zero-order chi connectivity index (χ0) is 14.2. The molecule has 0 radical (unpaired) electrons. The number of nitrogens with zero attached hydrogens (tertiary/aromatic N) is 6. The van der Waals surface area contributed by atoms with E-state index < -0.39 is 0 Å². The zero-order valence-corrected chi connectivity index (χ0v) is 12.2. The van der Waals surface area contributed by atoms with Gasteiger partial charge in [-0.3, -0.25) is 0 Å². The fraction of sp³-hybridized carbons (Fsp3) is 0.692. The minimum absolute atomic E-state index is 0.140. The van der Waals surface area contributed by atoms with E-state index in [0.717, 1.165) is 18.9 Å². The summed E-state index contributed by atoms with van der Waals surface area (Å²) in [6.45, 7) is 8.59. The predicted octanol–water partition coefficient (Wildman–Crippen LogP) is 0.876. The lowest BCUT2D eigenvalue weighted by Crippen LogP contribution is -2.45. The largest absolute Gasteiger partial charge is 0.351 e. The van der Waals surface area contributed by atoms with Crippen LogP contribution >= 0.6 is 0 Å². The normalized spacial score (nSPS) is 19.9. The van der Waals surface area contributed by atoms with E-state index in [-0.39, 0.29) is 5.54 Å². The van der Waals surface area contributed by atoms with Gasteiger partial charge in [0.05, 0.1) is 0 Å². The number of anilines is 1. The summed E-state index contributed by atoms with van der Waals surface area (Å²) in [6.07, 6.45) is 2.39. The first-order chi connectivity index (χ1) is 9.53. The highest BCUT2D eigenvalue weighted by molar-refractivity contribution is 5.45. The SMILES string of the molecule is CC(C)(C)NCC1CCCN1c1ccc2nnnn2n1. The van der Waals surface area contributed by atoms with Crippen molar-refractivity contribution >= 4 is 11.5 Å². The van der Waals surface area contributed by atoms with Gasteiger partial charge in [-0.2, -0.15) is 0 Å². The van der Waals surface area contributed by atoms with E-state index in [1.165, 1.54) is 17.5 Å². The highest BCUT2D eigenvalue weighted by atomic mass is 15.6. The van der Waals surface area contributed by atoms with Gasteiger partial charge in [-0.05, 0) is 56.2 Å². The predicted molar refractivity (Wildman–Crippen MR) is 76.7 cm³/mol. The van der Waals surface area contributed by atoms with E-state index in [9.17, 15) is 0 Å². The van der Waals surface area contributed by atoms with Gasteiger partial charge >= 0.3 is 0 Å². The van der Waals surface area contributed by atoms with Crippen LogP contribution in [0.1, 0.15) is 33.6 Å². The molecule has 7 nitrogen and oxygen atoms in total. The molecule has 0 aliphatic carbocycles. The summed E-state index contributed by atoms with van der Waals surface area (Å²) >= 11 is 0. The number of hydrogen-bond donors (Lipinski definition) is 1. The molecule has 1 saturated heterocycles. The molecule has 20 heavy (non-hydrogen) atoms. The smallest absolute Gasteiger partial charge is 0.200 e. The summed E-state index contributed by atoms with van der Waals surface area (Å²) in [5, 5.41) is 19.4. The topological polar surface area (TPSA) is 71.2 Å². The molecule has 1 atom stereocenters. The standard InChI is InChI=1S/C13H21N7/c1-13(2,3)14-9-10-5-4-8-19(10)12-7-6-11-15-17-18-20(11)16-12/h6-7,10,14H,4-5,8-9H2,1-3H3. The van der Waals surface area contributed by atoms with Crippen LogP contribution in [0.15, 0.2) is 12.1 Å². The third-order valence-electron chi connectivity index (χ3n) is 3.59. The monoisotopic (exact) mass is 275 g/mol. The molecule has 1 N–H and O–H groups in total. The van der Waals surface area contributed by atoms with Crippen molar-refractivity contribution in [3.05, 3.63) is 12.1 Å². The number of hydrogen-bond acceptors (Lipinski definition) is 6. The van der Waals surface area contributed by atoms with Gasteiger partial charge in [0.2, 0.25) is 0 Å². The Bertz CT molecular complexity index is 586. The van der Waals surface area contributed by atoms with Crippen LogP contribution in [0.5, 0.6) is 0 Å². The summed E-state index contributed by atoms with van der Waals surface area (Å²) in [5.41, 5.74) is 0.818. The highest BCUT2D eigenvalue weighted by Crippen LogP contribution is 2.23. The Morgan fingerprint density at radius 2 is 2.20 bits per heavy atom. The van der Waals surface area contributed by atoms with Crippen molar-refractivity contribution < 1.29 is 0 Å². The Hall–Kier alpha value is -1.76. The summed E-state index contributed by atoms with van der Waals surface area (Å²) in [5.74, 6) is 0.947. The van der Waals surface area contributed by atoms with Crippen LogP contribution in [0.2, 0.25) is 0 Å². The molecule has 2 aromatic heterocycles. The second-order valence-electron chi connectivity index (χ2n) is 6.34. The minimum atomic E-state index is 0.140. The van der Waals surface area contributed by atoms with Crippen LogP contribution in [-0.4, -0.2) is 49.9 Å². The Kier molecular flexibility index (Phi) is 3.29. The van der Waals surface area contributed by atoms with Crippen molar-refractivity contribution in [3.63, 3.8) is 0 Å². The Balaban J connectivity index is 1.77. The molecule has 2 aromatic rings. The van der Waals surface area contributed by atoms with Gasteiger partial charge in [0.25, 0.3) is 0 Å². The molecule has 3 heterocycles. The molecule has 0 bridgehead atoms. The van der Waals surface area contributed by atoms with E-state index in [1.807, 2.05) is 12.1 Å². The fourth-order valence-corrected chi connectivity index (χ4v) is 2.57. The Labute approximate surface area is 118 Å². The van der Waals surface area contributed by atoms with Crippen LogP contribution in [0.3, 0.4) is 0 Å². The van der Waals surface area contributed by atoms with Crippen LogP contribution in [0.25, 0.3) is 5.65 Å². The average Bonchev–Trinajstić information content (AvgIpc) is 3.03. The van der Waals surface area contributed by atoms with Gasteiger partial charge in [-0.1, -0.05) is 0 Å². The molecule has 0 saturated carbocycles. The van der Waals surface area contributed by atoms with E-state index in [1.54, 1.807) is 0 Å². The van der Waals surface area contributed by atoms with Crippen LogP contribution in [0, 0.1) is 0 Å². The molecule has 7 heteroatoms. The van der Waals surface area contributed by atoms with Crippen LogP contribution in [-0.2, 0) is 0 Å². The van der Waals surface area contributed by atoms with Crippen molar-refractivity contribution in [2.45, 2.75) is 45.2 Å². The molecule has 0 aromatic carbocycles. The summed E-state index contributed by atoms with van der Waals surface area (Å²) < 4.78 is 1.49. The molecule has 1 unspecified atom stereocenters. The zero-order valence-electron chi connectivity index (χ0n) is 12.2. The van der Waals surface area contributed by atoms with Gasteiger partial charge in [0, 0.05) is 24.7 Å². The number of nitrogens with one attached hydrogen (secondary N) is 1. The molecular formula is C13H21N7. The fourth-order valence-electron chi connectivity index (χ4n) is 2.57. The lowest BCUT2D eigenvalue weighted by Gasteiger charge is -2.29. The molecule has 0 spiro atoms. The molecule has 108 valence electrons. The Morgan fingerprint density at radius 1 is 1.35 bits per heavy atom. The maximum absolute atomic E-state index is 4.49. The Morgan fingerprint density at radius 3 is 3.00 bits per heavy atom. The number of fused-ring (bicyclic) bond motifs is 1. The van der Waals surface area contributed by atoms with Crippen molar-refractivity contribution in [3.8, 4) is 0 Å². The van der Waals surface area contributed by atoms with Crippen molar-refractivity contribution in [2.75, 3.05) is 18.0 Å². The molecule has 1 aliphatic rings. The number of rotatable bonds is 3. The maximum Gasteiger partial charge on any atom is 0.200 e. The van der Waals surface area contributed by atoms with Gasteiger partial charge in [0.15, 0.2) is 11.5 Å². The lowest BCUT2D eigenvalue weighted by molar-refractivity contribution is 0.404. The van der Waals surface area contributed by atoms with E-state index in [0.29, 0.717) is 11.7 Å². The van der Waals surface area contributed by atoms with Crippen molar-refractivity contribution in [1.29, 1.82) is 0 Å². The summed E-state index contributed by atoms with van der Waals surface area (Å²) in [4.78, 5) is 2.35. The van der Waals surface area contributed by atoms with Gasteiger partial charge in [-0.25, -0.2) is 0 Å². The maximum atomic E-state index is 4.49. The van der Waals surface area contributed by atoms with Crippen LogP contribution < -0.4 is 10.2 Å². The molecular weight excluding hydrogens is 254 g/mol. The van der Waals surface area contributed by atoms with Gasteiger partial charge in [0.1, 0.15) is 0 Å². The van der Waals surface area contributed by atoms with E-state index in [2.05, 4.69) is 51.6 Å². The molecule has 0 amide bonds. The minimum Gasteiger partial charge on any atom is -0.351 e. The first kappa shape index (κ1) is 13.2. The molecule has 1 fully saturated rings. The second-order valence-corrected chi connectivity index (χ2v) is 6.34. The van der Waals surface area contributed by atoms with Crippen LogP contribution in [0.4, 0.5) is 5.82 Å². The highest BCUT2D eigenvalue weighted by Gasteiger charge is 2.27. The number of tetrazole rings is 1. The first-order valence-electron chi connectivity index (χ1n) is 7.10. The quantitative estimate of drug-likeness (QED) is 0.896. The molecule has 1 aliphatic heterocycles. The lowest BCUT2D eigenvalue weighted by atomic mass is 10.1. The molecule has 3 rings (SSSR count). The third-order valence-corrected chi connectivity index (χ3v) is 3.59. The van der Waals surface area contributed by atoms with Gasteiger partial charge in [-0.15, -0.1) is 14.8 Å². The first-order valence-corrected chi connectivity index (χ1v) is 7.10. The van der Waals surface area contributed by atoms with Gasteiger partial charge < -0.3 is 10.2 Å². The van der Waals surface area contributed by atoms with Crippen molar-refractivity contribution in [1.82, 2.24) is 30.6 Å².